The van der Waals surface area contributed by atoms with Crippen LogP contribution in [0.15, 0.2) is 70.9 Å². The number of hydrogen-bond donors (Lipinski definition) is 3. The van der Waals surface area contributed by atoms with Gasteiger partial charge in [0.2, 0.25) is 19.5 Å². The molecule has 1 aromatic heterocycles. The Morgan fingerprint density at radius 1 is 0.698 bits per heavy atom. The minimum Gasteiger partial charge on any atom is -0.454 e. The topological polar surface area (TPSA) is 210 Å². The van der Waals surface area contributed by atoms with Crippen molar-refractivity contribution in [1.29, 1.82) is 0 Å². The third-order valence-electron chi connectivity index (χ3n) is 5.96. The molecule has 0 aliphatic carbocycles. The second-order valence-electron chi connectivity index (χ2n) is 8.74. The van der Waals surface area contributed by atoms with Crippen LogP contribution in [0.3, 0.4) is 0 Å². The van der Waals surface area contributed by atoms with E-state index in [0.717, 1.165) is 0 Å². The molecule has 0 saturated heterocycles. The molecule has 4 aromatic rings. The molecule has 0 radical (unpaired) electrons. The van der Waals surface area contributed by atoms with Gasteiger partial charge in [0.05, 0.1) is 45.5 Å². The molecule has 43 heavy (non-hydrogen) atoms. The van der Waals surface area contributed by atoms with Crippen LogP contribution in [0.4, 0.5) is 34.6 Å². The number of ether oxygens (including phenoxy) is 4. The maximum Gasteiger partial charge on any atom is 0.282 e. The maximum atomic E-state index is 11.6. The highest BCUT2D eigenvalue weighted by Crippen LogP contribution is 2.38. The molecule has 3 N–H and O–H groups in total. The Balaban J connectivity index is 1.26. The monoisotopic (exact) mass is 585 g/mol. The molecule has 0 amide bonds. The van der Waals surface area contributed by atoms with E-state index in [1.54, 1.807) is 0 Å². The normalized spacial score (nSPS) is 12.9. The minimum atomic E-state index is -0.555. The Bertz CT molecular complexity index is 1680. The number of nitro benzene ring substituents is 2. The summed E-state index contributed by atoms with van der Waals surface area (Å²) >= 11 is 0. The van der Waals surface area contributed by atoms with E-state index >= 15 is 0 Å². The van der Waals surface area contributed by atoms with Gasteiger partial charge in [-0.1, -0.05) is 18.2 Å². The molecule has 0 unspecified atom stereocenters. The molecule has 3 heterocycles. The molecule has 2 aliphatic rings. The number of nitro groups is 2. The summed E-state index contributed by atoms with van der Waals surface area (Å²) < 4.78 is 21.1. The molecule has 0 saturated carbocycles. The van der Waals surface area contributed by atoms with Crippen LogP contribution < -0.4 is 35.1 Å². The highest BCUT2D eigenvalue weighted by Gasteiger charge is 2.23. The fraction of sp³-hybridized carbons (Fsp3) is 0.0769. The van der Waals surface area contributed by atoms with E-state index in [4.69, 9.17) is 18.9 Å². The smallest absolute Gasteiger partial charge is 0.282 e. The zero-order chi connectivity index (χ0) is 29.8. The quantitative estimate of drug-likeness (QED) is 0.134. The molecule has 0 bridgehead atoms. The van der Waals surface area contributed by atoms with Crippen molar-refractivity contribution in [1.82, 2.24) is 9.97 Å². The van der Waals surface area contributed by atoms with E-state index in [1.807, 2.05) is 30.3 Å². The Kier molecular flexibility index (Phi) is 7.16. The van der Waals surface area contributed by atoms with Crippen LogP contribution in [0.2, 0.25) is 0 Å². The number of para-hydroxylation sites is 1. The summed E-state index contributed by atoms with van der Waals surface area (Å²) in [5, 5.41) is 34.4. The van der Waals surface area contributed by atoms with Crippen LogP contribution in [-0.2, 0) is 0 Å². The predicted molar refractivity (Wildman–Crippen MR) is 153 cm³/mol. The van der Waals surface area contributed by atoms with Crippen molar-refractivity contribution in [3.63, 3.8) is 0 Å². The van der Waals surface area contributed by atoms with Crippen LogP contribution in [0, 0.1) is 20.2 Å². The Morgan fingerprint density at radius 3 is 1.63 bits per heavy atom. The number of fused-ring (bicyclic) bond motifs is 2. The van der Waals surface area contributed by atoms with Crippen LogP contribution in [0.1, 0.15) is 11.1 Å². The van der Waals surface area contributed by atoms with Gasteiger partial charge in [0.1, 0.15) is 0 Å². The van der Waals surface area contributed by atoms with Crippen molar-refractivity contribution in [3.05, 3.63) is 92.0 Å². The zero-order valence-corrected chi connectivity index (χ0v) is 21.8. The van der Waals surface area contributed by atoms with Gasteiger partial charge in [-0.3, -0.25) is 31.1 Å². The van der Waals surface area contributed by atoms with Gasteiger partial charge < -0.3 is 24.3 Å². The number of benzene rings is 3. The summed E-state index contributed by atoms with van der Waals surface area (Å²) in [6.45, 7) is -0.0759. The van der Waals surface area contributed by atoms with Gasteiger partial charge in [0.25, 0.3) is 11.4 Å². The minimum absolute atomic E-state index is 0.0380. The fourth-order valence-electron chi connectivity index (χ4n) is 4.02. The molecule has 2 aliphatic heterocycles. The maximum absolute atomic E-state index is 11.6. The Hall–Kier alpha value is -6.52. The summed E-state index contributed by atoms with van der Waals surface area (Å²) in [5.41, 5.74) is 6.05. The third-order valence-corrected chi connectivity index (χ3v) is 5.96. The van der Waals surface area contributed by atoms with E-state index < -0.39 is 9.85 Å². The van der Waals surface area contributed by atoms with Gasteiger partial charge in [-0.2, -0.15) is 20.2 Å². The van der Waals surface area contributed by atoms with Crippen molar-refractivity contribution in [2.45, 2.75) is 0 Å². The number of nitrogens with one attached hydrogen (secondary N) is 3. The summed E-state index contributed by atoms with van der Waals surface area (Å²) in [4.78, 5) is 30.8. The fourth-order valence-corrected chi connectivity index (χ4v) is 4.02. The molecule has 6 rings (SSSR count). The molecule has 0 fully saturated rings. The van der Waals surface area contributed by atoms with Crippen molar-refractivity contribution in [3.8, 4) is 23.0 Å². The first-order valence-electron chi connectivity index (χ1n) is 12.4. The molecular formula is C26H19N9O8. The number of aromatic nitrogens is 2. The van der Waals surface area contributed by atoms with Crippen LogP contribution in [-0.4, -0.2) is 45.8 Å². The van der Waals surface area contributed by atoms with Gasteiger partial charge in [-0.25, -0.2) is 0 Å². The van der Waals surface area contributed by atoms with Crippen LogP contribution >= 0.6 is 0 Å². The van der Waals surface area contributed by atoms with Gasteiger partial charge in [-0.15, -0.1) is 0 Å². The first-order valence-corrected chi connectivity index (χ1v) is 12.4. The van der Waals surface area contributed by atoms with Gasteiger partial charge in [-0.05, 0) is 24.3 Å². The van der Waals surface area contributed by atoms with E-state index in [-0.39, 0.29) is 65.2 Å². The number of nitrogens with zero attached hydrogens (tertiary/aromatic N) is 6. The largest absolute Gasteiger partial charge is 0.454 e. The lowest BCUT2D eigenvalue weighted by atomic mass is 10.1. The van der Waals surface area contributed by atoms with Crippen molar-refractivity contribution >= 4 is 47.1 Å². The first kappa shape index (κ1) is 26.7. The highest BCUT2D eigenvalue weighted by atomic mass is 16.7. The van der Waals surface area contributed by atoms with Crippen LogP contribution in [0.25, 0.3) is 0 Å². The number of hydrogen-bond acceptors (Lipinski definition) is 15. The second-order valence-corrected chi connectivity index (χ2v) is 8.74. The van der Waals surface area contributed by atoms with Crippen molar-refractivity contribution in [2.75, 3.05) is 29.8 Å². The van der Waals surface area contributed by atoms with Gasteiger partial charge >= 0.3 is 0 Å². The lowest BCUT2D eigenvalue weighted by Crippen LogP contribution is -2.04. The van der Waals surface area contributed by atoms with Crippen molar-refractivity contribution < 1.29 is 28.8 Å². The molecule has 3 aromatic carbocycles. The molecule has 0 atom stereocenters. The summed E-state index contributed by atoms with van der Waals surface area (Å²) in [5.74, 6) is 1.80. The van der Waals surface area contributed by atoms with E-state index in [2.05, 4.69) is 36.3 Å². The average Bonchev–Trinajstić information content (AvgIpc) is 3.65. The van der Waals surface area contributed by atoms with E-state index in [1.165, 1.54) is 42.8 Å². The van der Waals surface area contributed by atoms with Crippen molar-refractivity contribution in [2.24, 2.45) is 10.2 Å². The van der Waals surface area contributed by atoms with E-state index in [9.17, 15) is 20.2 Å². The summed E-state index contributed by atoms with van der Waals surface area (Å²) in [7, 11) is 0. The van der Waals surface area contributed by atoms with Crippen LogP contribution in [0.5, 0.6) is 23.0 Å². The standard InChI is InChI=1S/C26H19N9O8/c36-34(37)18-8-22-20(40-13-42-22)6-15(18)11-27-32-24-10-25(31-26(30-24)29-17-4-2-1-3-5-17)33-28-12-16-7-21-23(43-14-41-21)9-19(16)35(38)39/h1-12H,13-14H2,(H3,29,30,31,32,33). The lowest BCUT2D eigenvalue weighted by molar-refractivity contribution is -0.385. The second kappa shape index (κ2) is 11.5. The third kappa shape index (κ3) is 5.99. The first-order chi connectivity index (χ1) is 20.9. The zero-order valence-electron chi connectivity index (χ0n) is 21.8. The summed E-state index contributed by atoms with van der Waals surface area (Å²) in [6, 6.07) is 16.0. The molecular weight excluding hydrogens is 566 g/mol. The lowest BCUT2D eigenvalue weighted by Gasteiger charge is -2.09. The Morgan fingerprint density at radius 2 is 1.16 bits per heavy atom. The summed E-state index contributed by atoms with van der Waals surface area (Å²) in [6.07, 6.45) is 2.49. The molecule has 17 heteroatoms. The van der Waals surface area contributed by atoms with Gasteiger partial charge in [0, 0.05) is 11.8 Å². The molecule has 17 nitrogen and oxygen atoms in total. The SMILES string of the molecule is O=[N+]([O-])c1cc2c(cc1C=NNc1cc(NN=Cc3cc4c(cc3[N+](=O)[O-])OCO4)nc(Nc3ccccc3)n1)OCO2. The van der Waals surface area contributed by atoms with E-state index in [0.29, 0.717) is 17.2 Å². The molecule has 216 valence electrons. The van der Waals surface area contributed by atoms with Gasteiger partial charge in [0.15, 0.2) is 34.6 Å². The average molecular weight is 585 g/mol. The number of hydrazone groups is 2. The molecule has 0 spiro atoms. The number of anilines is 4. The highest BCUT2D eigenvalue weighted by molar-refractivity contribution is 5.88. The Labute approximate surface area is 241 Å². The predicted octanol–water partition coefficient (Wildman–Crippen LogP) is 4.39. The number of rotatable bonds is 10.